The highest BCUT2D eigenvalue weighted by molar-refractivity contribution is 5.08. The molecule has 4 heteroatoms. The molecule has 1 saturated carbocycles. The van der Waals surface area contributed by atoms with Crippen LogP contribution < -0.4 is 5.73 Å². The van der Waals surface area contributed by atoms with Gasteiger partial charge in [-0.2, -0.15) is 4.98 Å². The van der Waals surface area contributed by atoms with E-state index in [2.05, 4.69) is 24.0 Å². The lowest BCUT2D eigenvalue weighted by Gasteiger charge is -2.03. The minimum atomic E-state index is 0.337. The Hall–Kier alpha value is -0.900. The van der Waals surface area contributed by atoms with Gasteiger partial charge in [0.15, 0.2) is 5.82 Å². The van der Waals surface area contributed by atoms with E-state index in [0.717, 1.165) is 37.0 Å². The van der Waals surface area contributed by atoms with Crippen LogP contribution in [0.5, 0.6) is 0 Å². The van der Waals surface area contributed by atoms with Gasteiger partial charge in [-0.25, -0.2) is 0 Å². The molecule has 1 aromatic heterocycles. The van der Waals surface area contributed by atoms with Crippen molar-refractivity contribution >= 4 is 0 Å². The first kappa shape index (κ1) is 10.6. The lowest BCUT2D eigenvalue weighted by molar-refractivity contribution is 0.348. The summed E-state index contributed by atoms with van der Waals surface area (Å²) in [6, 6.07) is 0. The van der Waals surface area contributed by atoms with Gasteiger partial charge in [-0.1, -0.05) is 19.0 Å². The van der Waals surface area contributed by atoms with E-state index in [1.54, 1.807) is 0 Å². The van der Waals surface area contributed by atoms with Gasteiger partial charge < -0.3 is 10.3 Å². The average molecular weight is 209 g/mol. The molecule has 2 rings (SSSR count). The van der Waals surface area contributed by atoms with E-state index < -0.39 is 0 Å². The number of aromatic nitrogens is 2. The van der Waals surface area contributed by atoms with E-state index >= 15 is 0 Å². The molecule has 0 aromatic carbocycles. The summed E-state index contributed by atoms with van der Waals surface area (Å²) in [7, 11) is 0. The van der Waals surface area contributed by atoms with Crippen LogP contribution in [0.25, 0.3) is 0 Å². The maximum Gasteiger partial charge on any atom is 0.229 e. The minimum absolute atomic E-state index is 0.337. The molecule has 1 fully saturated rings. The van der Waals surface area contributed by atoms with E-state index in [0.29, 0.717) is 11.8 Å². The molecule has 0 aliphatic heterocycles. The number of rotatable bonds is 5. The zero-order chi connectivity index (χ0) is 10.8. The van der Waals surface area contributed by atoms with Crippen LogP contribution in [0.1, 0.15) is 56.7 Å². The topological polar surface area (TPSA) is 64.9 Å². The first-order chi connectivity index (χ1) is 7.22. The third kappa shape index (κ3) is 2.37. The molecule has 0 amide bonds. The van der Waals surface area contributed by atoms with E-state index in [4.69, 9.17) is 10.3 Å². The molecule has 2 N–H and O–H groups in total. The lowest BCUT2D eigenvalue weighted by Crippen LogP contribution is -2.02. The Morgan fingerprint density at radius 3 is 2.93 bits per heavy atom. The van der Waals surface area contributed by atoms with Crippen molar-refractivity contribution in [1.29, 1.82) is 0 Å². The summed E-state index contributed by atoms with van der Waals surface area (Å²) in [5.41, 5.74) is 5.47. The van der Waals surface area contributed by atoms with Crippen LogP contribution in [-0.4, -0.2) is 16.7 Å². The third-order valence-electron chi connectivity index (χ3n) is 3.16. The van der Waals surface area contributed by atoms with Gasteiger partial charge in [0, 0.05) is 11.8 Å². The molecule has 3 atom stereocenters. The summed E-state index contributed by atoms with van der Waals surface area (Å²) in [6.45, 7) is 5.06. The van der Waals surface area contributed by atoms with Gasteiger partial charge in [-0.15, -0.1) is 0 Å². The molecule has 0 radical (unpaired) electrons. The molecule has 1 aliphatic carbocycles. The zero-order valence-electron chi connectivity index (χ0n) is 9.44. The molecule has 84 valence electrons. The highest BCUT2D eigenvalue weighted by atomic mass is 16.5. The summed E-state index contributed by atoms with van der Waals surface area (Å²) in [5, 5.41) is 4.04. The second kappa shape index (κ2) is 4.31. The quantitative estimate of drug-likeness (QED) is 0.805. The van der Waals surface area contributed by atoms with Gasteiger partial charge in [0.1, 0.15) is 0 Å². The van der Waals surface area contributed by atoms with E-state index in [9.17, 15) is 0 Å². The highest BCUT2D eigenvalue weighted by Crippen LogP contribution is 2.45. The first-order valence-corrected chi connectivity index (χ1v) is 5.76. The molecular weight excluding hydrogens is 190 g/mol. The molecule has 3 unspecified atom stereocenters. The van der Waals surface area contributed by atoms with Crippen molar-refractivity contribution in [1.82, 2.24) is 10.1 Å². The fourth-order valence-corrected chi connectivity index (χ4v) is 1.83. The third-order valence-corrected chi connectivity index (χ3v) is 3.16. The van der Waals surface area contributed by atoms with Crippen molar-refractivity contribution in [3.05, 3.63) is 11.7 Å². The van der Waals surface area contributed by atoms with Crippen LogP contribution in [0.4, 0.5) is 0 Å². The molecule has 15 heavy (non-hydrogen) atoms. The predicted octanol–water partition coefficient (Wildman–Crippen LogP) is 2.04. The van der Waals surface area contributed by atoms with Gasteiger partial charge in [0.05, 0.1) is 0 Å². The van der Waals surface area contributed by atoms with E-state index in [1.807, 2.05) is 0 Å². The Labute approximate surface area is 90.2 Å². The minimum Gasteiger partial charge on any atom is -0.339 e. The van der Waals surface area contributed by atoms with Crippen molar-refractivity contribution in [2.45, 2.75) is 44.9 Å². The highest BCUT2D eigenvalue weighted by Gasteiger charge is 2.38. The van der Waals surface area contributed by atoms with Crippen molar-refractivity contribution in [2.75, 3.05) is 6.54 Å². The van der Waals surface area contributed by atoms with Gasteiger partial charge >= 0.3 is 0 Å². The molecule has 1 heterocycles. The molecule has 0 spiro atoms. The van der Waals surface area contributed by atoms with Gasteiger partial charge in [-0.3, -0.25) is 0 Å². The van der Waals surface area contributed by atoms with E-state index in [-0.39, 0.29) is 0 Å². The maximum atomic E-state index is 5.47. The standard InChI is InChI=1S/C11H19N3O/c1-7(4-3-5-12)11-13-10(14-15-11)9-6-8(9)2/h7-9H,3-6,12H2,1-2H3. The molecule has 1 aliphatic rings. The van der Waals surface area contributed by atoms with Gasteiger partial charge in [-0.05, 0) is 31.7 Å². The van der Waals surface area contributed by atoms with E-state index in [1.165, 1.54) is 6.42 Å². The Balaban J connectivity index is 1.94. The Bertz CT molecular complexity index is 323. The van der Waals surface area contributed by atoms with Crippen LogP contribution >= 0.6 is 0 Å². The zero-order valence-corrected chi connectivity index (χ0v) is 9.44. The molecule has 0 bridgehead atoms. The van der Waals surface area contributed by atoms with Gasteiger partial charge in [0.25, 0.3) is 0 Å². The second-order valence-corrected chi connectivity index (χ2v) is 4.64. The summed E-state index contributed by atoms with van der Waals surface area (Å²) < 4.78 is 5.27. The van der Waals surface area contributed by atoms with Crippen LogP contribution in [0.2, 0.25) is 0 Å². The largest absolute Gasteiger partial charge is 0.339 e. The molecule has 4 nitrogen and oxygen atoms in total. The van der Waals surface area contributed by atoms with Crippen LogP contribution in [0.15, 0.2) is 4.52 Å². The lowest BCUT2D eigenvalue weighted by atomic mass is 10.1. The van der Waals surface area contributed by atoms with Crippen molar-refractivity contribution in [3.8, 4) is 0 Å². The summed E-state index contributed by atoms with van der Waals surface area (Å²) in [5.74, 6) is 3.29. The summed E-state index contributed by atoms with van der Waals surface area (Å²) >= 11 is 0. The number of hydrogen-bond donors (Lipinski definition) is 1. The smallest absolute Gasteiger partial charge is 0.229 e. The number of nitrogens with two attached hydrogens (primary N) is 1. The van der Waals surface area contributed by atoms with Crippen LogP contribution in [0, 0.1) is 5.92 Å². The Kier molecular flexibility index (Phi) is 3.05. The molecule has 1 aromatic rings. The first-order valence-electron chi connectivity index (χ1n) is 5.76. The predicted molar refractivity (Wildman–Crippen MR) is 57.5 cm³/mol. The Morgan fingerprint density at radius 1 is 1.60 bits per heavy atom. The van der Waals surface area contributed by atoms with Crippen molar-refractivity contribution in [3.63, 3.8) is 0 Å². The van der Waals surface area contributed by atoms with Crippen LogP contribution in [-0.2, 0) is 0 Å². The van der Waals surface area contributed by atoms with Crippen molar-refractivity contribution < 1.29 is 4.52 Å². The monoisotopic (exact) mass is 209 g/mol. The molecule has 0 saturated heterocycles. The van der Waals surface area contributed by atoms with Crippen molar-refractivity contribution in [2.24, 2.45) is 11.7 Å². The number of hydrogen-bond acceptors (Lipinski definition) is 4. The second-order valence-electron chi connectivity index (χ2n) is 4.64. The summed E-state index contributed by atoms with van der Waals surface area (Å²) in [4.78, 5) is 4.46. The maximum absolute atomic E-state index is 5.47. The summed E-state index contributed by atoms with van der Waals surface area (Å²) in [6.07, 6.45) is 3.24. The van der Waals surface area contributed by atoms with Gasteiger partial charge in [0.2, 0.25) is 5.89 Å². The van der Waals surface area contributed by atoms with Crippen LogP contribution in [0.3, 0.4) is 0 Å². The fraction of sp³-hybridized carbons (Fsp3) is 0.818. The Morgan fingerprint density at radius 2 is 2.33 bits per heavy atom. The normalized spacial score (nSPS) is 26.6. The SMILES string of the molecule is CC(CCCN)c1nc(C2CC2C)no1. The average Bonchev–Trinajstić information content (AvgIpc) is 2.80. The molecular formula is C11H19N3O. The number of nitrogens with zero attached hydrogens (tertiary/aromatic N) is 2. The fourth-order valence-electron chi connectivity index (χ4n) is 1.83.